The minimum Gasteiger partial charge on any atom is -0.351 e. The van der Waals surface area contributed by atoms with Gasteiger partial charge in [0.25, 0.3) is 5.95 Å². The van der Waals surface area contributed by atoms with E-state index >= 15 is 0 Å². The molecule has 5 nitrogen and oxygen atoms in total. The van der Waals surface area contributed by atoms with Crippen molar-refractivity contribution in [2.24, 2.45) is 0 Å². The largest absolute Gasteiger partial charge is 0.351 e. The number of benzene rings is 1. The van der Waals surface area contributed by atoms with E-state index in [9.17, 15) is 0 Å². The first kappa shape index (κ1) is 10.1. The van der Waals surface area contributed by atoms with E-state index in [1.807, 2.05) is 0 Å². The summed E-state index contributed by atoms with van der Waals surface area (Å²) in [5.41, 5.74) is 5.85. The Balaban J connectivity index is 2.28. The van der Waals surface area contributed by atoms with Gasteiger partial charge >= 0.3 is 6.01 Å². The van der Waals surface area contributed by atoms with Crippen LogP contribution in [0.15, 0.2) is 22.7 Å². The minimum absolute atomic E-state index is 0.0179. The van der Waals surface area contributed by atoms with Gasteiger partial charge in [0.1, 0.15) is 0 Å². The molecule has 0 radical (unpaired) electrons. The maximum Gasteiger partial charge on any atom is 0.320 e. The number of halogens is 2. The highest BCUT2D eigenvalue weighted by Crippen LogP contribution is 2.30. The second-order valence-corrected chi connectivity index (χ2v) is 3.47. The first-order chi connectivity index (χ1) is 7.16. The summed E-state index contributed by atoms with van der Waals surface area (Å²) >= 11 is 11.8. The van der Waals surface area contributed by atoms with Crippen LogP contribution in [0.3, 0.4) is 0 Å². The van der Waals surface area contributed by atoms with Gasteiger partial charge in [0, 0.05) is 0 Å². The van der Waals surface area contributed by atoms with E-state index in [2.05, 4.69) is 20.0 Å². The third-order valence-electron chi connectivity index (χ3n) is 1.64. The van der Waals surface area contributed by atoms with Gasteiger partial charge in [0.05, 0.1) is 15.7 Å². The molecule has 0 aliphatic carbocycles. The third kappa shape index (κ3) is 2.14. The van der Waals surface area contributed by atoms with Crippen molar-refractivity contribution in [1.29, 1.82) is 0 Å². The average molecular weight is 245 g/mol. The highest BCUT2D eigenvalue weighted by molar-refractivity contribution is 6.43. The molecule has 3 N–H and O–H groups in total. The first-order valence-electron chi connectivity index (χ1n) is 3.97. The number of anilines is 3. The van der Waals surface area contributed by atoms with Crippen molar-refractivity contribution < 1.29 is 4.52 Å². The van der Waals surface area contributed by atoms with Crippen LogP contribution in [0.4, 0.5) is 17.7 Å². The molecule has 0 aliphatic rings. The quantitative estimate of drug-likeness (QED) is 0.850. The molecule has 0 amide bonds. The lowest BCUT2D eigenvalue weighted by atomic mass is 10.3. The number of aromatic nitrogens is 2. The number of nitrogen functional groups attached to an aromatic ring is 1. The smallest absolute Gasteiger partial charge is 0.320 e. The number of hydrogen-bond acceptors (Lipinski definition) is 5. The van der Waals surface area contributed by atoms with Crippen LogP contribution in [0, 0.1) is 0 Å². The van der Waals surface area contributed by atoms with Crippen molar-refractivity contribution in [3.8, 4) is 0 Å². The maximum atomic E-state index is 5.94. The molecule has 0 spiro atoms. The van der Waals surface area contributed by atoms with Crippen LogP contribution in [0.25, 0.3) is 0 Å². The number of nitrogens with two attached hydrogens (primary N) is 1. The molecule has 1 heterocycles. The molecule has 0 fully saturated rings. The number of hydrogen-bond donors (Lipinski definition) is 2. The van der Waals surface area contributed by atoms with Crippen molar-refractivity contribution in [2.75, 3.05) is 11.1 Å². The Hall–Kier alpha value is -1.46. The Morgan fingerprint density at radius 1 is 1.33 bits per heavy atom. The second kappa shape index (κ2) is 3.96. The molecule has 0 bridgehead atoms. The lowest BCUT2D eigenvalue weighted by Crippen LogP contribution is -1.93. The maximum absolute atomic E-state index is 5.94. The summed E-state index contributed by atoms with van der Waals surface area (Å²) in [5.74, 6) is 0.233. The Bertz CT molecular complexity index is 485. The molecule has 0 atom stereocenters. The number of nitrogens with one attached hydrogen (secondary N) is 1. The van der Waals surface area contributed by atoms with Gasteiger partial charge in [0.15, 0.2) is 0 Å². The van der Waals surface area contributed by atoms with Crippen LogP contribution in [-0.2, 0) is 0 Å². The van der Waals surface area contributed by atoms with E-state index in [-0.39, 0.29) is 12.0 Å². The molecular weight excluding hydrogens is 239 g/mol. The monoisotopic (exact) mass is 244 g/mol. The molecule has 0 saturated heterocycles. The molecule has 0 unspecified atom stereocenters. The van der Waals surface area contributed by atoms with Crippen molar-refractivity contribution in [3.63, 3.8) is 0 Å². The van der Waals surface area contributed by atoms with Crippen molar-refractivity contribution >= 4 is 40.9 Å². The van der Waals surface area contributed by atoms with Crippen LogP contribution in [0.1, 0.15) is 0 Å². The third-order valence-corrected chi connectivity index (χ3v) is 2.46. The molecule has 15 heavy (non-hydrogen) atoms. The second-order valence-electron chi connectivity index (χ2n) is 2.68. The topological polar surface area (TPSA) is 77.0 Å². The molecule has 2 rings (SSSR count). The summed E-state index contributed by atoms with van der Waals surface area (Å²) in [7, 11) is 0. The zero-order valence-electron chi connectivity index (χ0n) is 7.37. The molecule has 0 saturated carbocycles. The van der Waals surface area contributed by atoms with Gasteiger partial charge < -0.3 is 15.6 Å². The average Bonchev–Trinajstić information content (AvgIpc) is 2.59. The van der Waals surface area contributed by atoms with Crippen LogP contribution in [0.5, 0.6) is 0 Å². The summed E-state index contributed by atoms with van der Waals surface area (Å²) in [6.45, 7) is 0. The highest BCUT2D eigenvalue weighted by atomic mass is 35.5. The minimum atomic E-state index is -0.0179. The standard InChI is InChI=1S/C8H6Cl2N4O/c9-4-2-1-3-5(6(4)10)12-8-13-7(11)15-14-8/h1-3H,(H3,11,12,13,14). The van der Waals surface area contributed by atoms with Crippen molar-refractivity contribution in [1.82, 2.24) is 10.1 Å². The predicted molar refractivity (Wildman–Crippen MR) is 58.5 cm³/mol. The van der Waals surface area contributed by atoms with E-state index in [1.54, 1.807) is 18.2 Å². The van der Waals surface area contributed by atoms with Gasteiger partial charge in [-0.3, -0.25) is 0 Å². The van der Waals surface area contributed by atoms with E-state index in [0.717, 1.165) is 0 Å². The Morgan fingerprint density at radius 3 is 2.80 bits per heavy atom. The Kier molecular flexibility index (Phi) is 2.66. The molecule has 2 aromatic rings. The normalized spacial score (nSPS) is 10.3. The predicted octanol–water partition coefficient (Wildman–Crippen LogP) is 2.70. The van der Waals surface area contributed by atoms with E-state index in [4.69, 9.17) is 28.9 Å². The molecule has 1 aromatic carbocycles. The summed E-state index contributed by atoms with van der Waals surface area (Å²) in [6, 6.07) is 5.15. The van der Waals surface area contributed by atoms with Gasteiger partial charge in [-0.05, 0) is 17.3 Å². The summed E-state index contributed by atoms with van der Waals surface area (Å²) in [5, 5.41) is 7.21. The molecular formula is C8H6Cl2N4O. The van der Waals surface area contributed by atoms with Crippen LogP contribution < -0.4 is 11.1 Å². The molecule has 0 aliphatic heterocycles. The Morgan fingerprint density at radius 2 is 2.13 bits per heavy atom. The summed E-state index contributed by atoms with van der Waals surface area (Å²) in [6.07, 6.45) is 0. The van der Waals surface area contributed by atoms with E-state index in [1.165, 1.54) is 0 Å². The van der Waals surface area contributed by atoms with Gasteiger partial charge in [0.2, 0.25) is 0 Å². The fourth-order valence-electron chi connectivity index (χ4n) is 1.01. The summed E-state index contributed by atoms with van der Waals surface area (Å²) < 4.78 is 4.58. The van der Waals surface area contributed by atoms with E-state index in [0.29, 0.717) is 15.7 Å². The lowest BCUT2D eigenvalue weighted by Gasteiger charge is -2.04. The first-order valence-corrected chi connectivity index (χ1v) is 4.72. The zero-order valence-corrected chi connectivity index (χ0v) is 8.88. The molecule has 7 heteroatoms. The lowest BCUT2D eigenvalue weighted by molar-refractivity contribution is 0.437. The van der Waals surface area contributed by atoms with E-state index < -0.39 is 0 Å². The number of rotatable bonds is 2. The van der Waals surface area contributed by atoms with Gasteiger partial charge in [-0.2, -0.15) is 4.98 Å². The van der Waals surface area contributed by atoms with Crippen molar-refractivity contribution in [3.05, 3.63) is 28.2 Å². The Labute approximate surface area is 95.2 Å². The molecule has 78 valence electrons. The van der Waals surface area contributed by atoms with Crippen LogP contribution in [-0.4, -0.2) is 10.1 Å². The van der Waals surface area contributed by atoms with Gasteiger partial charge in [-0.1, -0.05) is 29.3 Å². The van der Waals surface area contributed by atoms with Crippen LogP contribution >= 0.6 is 23.2 Å². The van der Waals surface area contributed by atoms with Gasteiger partial charge in [-0.15, -0.1) is 0 Å². The summed E-state index contributed by atoms with van der Waals surface area (Å²) in [4.78, 5) is 3.76. The van der Waals surface area contributed by atoms with Crippen LogP contribution in [0.2, 0.25) is 10.0 Å². The fourth-order valence-corrected chi connectivity index (χ4v) is 1.35. The van der Waals surface area contributed by atoms with Gasteiger partial charge in [-0.25, -0.2) is 0 Å². The fraction of sp³-hybridized carbons (Fsp3) is 0. The number of nitrogens with zero attached hydrogens (tertiary/aromatic N) is 2. The van der Waals surface area contributed by atoms with Crippen molar-refractivity contribution in [2.45, 2.75) is 0 Å². The SMILES string of the molecule is Nc1nc(Nc2cccc(Cl)c2Cl)no1. The molecule has 1 aromatic heterocycles. The zero-order chi connectivity index (χ0) is 10.8. The highest BCUT2D eigenvalue weighted by Gasteiger charge is 2.07.